The molecule has 0 fully saturated rings. The van der Waals surface area contributed by atoms with Crippen molar-refractivity contribution in [2.45, 2.75) is 6.92 Å². The van der Waals surface area contributed by atoms with E-state index in [-0.39, 0.29) is 5.69 Å². The smallest absolute Gasteiger partial charge is 0.341 e. The number of carbonyl (C=O) groups is 2. The minimum atomic E-state index is -1.36. The number of nitro benzene ring substituents is 1. The minimum Gasteiger partial charge on any atom is -0.479 e. The van der Waals surface area contributed by atoms with E-state index in [9.17, 15) is 24.1 Å². The highest BCUT2D eigenvalue weighted by Gasteiger charge is 2.21. The largest absolute Gasteiger partial charge is 0.479 e. The van der Waals surface area contributed by atoms with Gasteiger partial charge in [0.25, 0.3) is 0 Å². The molecule has 0 saturated carbocycles. The van der Waals surface area contributed by atoms with Gasteiger partial charge in [0, 0.05) is 19.1 Å². The van der Waals surface area contributed by atoms with E-state index in [1.807, 2.05) is 0 Å². The Kier molecular flexibility index (Phi) is 4.35. The number of nitrogens with zero attached hydrogens (tertiary/aromatic N) is 1. The second kappa shape index (κ2) is 5.76. The molecule has 0 aliphatic carbocycles. The highest BCUT2D eigenvalue weighted by atomic mass is 19.1. The minimum absolute atomic E-state index is 0.387. The van der Waals surface area contributed by atoms with Crippen molar-refractivity contribution in [2.75, 3.05) is 11.9 Å². The van der Waals surface area contributed by atoms with Crippen LogP contribution in [0.3, 0.4) is 0 Å². The number of anilines is 1. The van der Waals surface area contributed by atoms with Crippen molar-refractivity contribution in [3.05, 3.63) is 28.1 Å². The molecule has 0 atom stereocenters. The zero-order chi connectivity index (χ0) is 14.6. The normalized spacial score (nSPS) is 9.79. The number of hydrogen-bond acceptors (Lipinski definition) is 5. The van der Waals surface area contributed by atoms with E-state index in [1.54, 1.807) is 0 Å². The molecule has 1 rings (SSSR count). The number of nitrogens with one attached hydrogen (secondary N) is 1. The van der Waals surface area contributed by atoms with Crippen LogP contribution in [0, 0.1) is 15.9 Å². The van der Waals surface area contributed by atoms with Crippen molar-refractivity contribution in [3.8, 4) is 5.75 Å². The maximum Gasteiger partial charge on any atom is 0.341 e. The van der Waals surface area contributed by atoms with Gasteiger partial charge < -0.3 is 15.2 Å². The summed E-state index contributed by atoms with van der Waals surface area (Å²) in [6, 6.07) is 1.40. The zero-order valence-electron chi connectivity index (χ0n) is 9.68. The Bertz CT molecular complexity index is 545. The lowest BCUT2D eigenvalue weighted by Crippen LogP contribution is -2.12. The second-order valence-corrected chi connectivity index (χ2v) is 3.42. The van der Waals surface area contributed by atoms with E-state index in [0.717, 1.165) is 13.0 Å². The number of aliphatic carboxylic acids is 1. The summed E-state index contributed by atoms with van der Waals surface area (Å²) in [5.74, 6) is -3.46. The molecule has 1 aromatic rings. The number of carboxylic acid groups (broad SMARTS) is 1. The molecule has 8 nitrogen and oxygen atoms in total. The maximum absolute atomic E-state index is 13.5. The topological polar surface area (TPSA) is 119 Å². The predicted octanol–water partition coefficient (Wildman–Crippen LogP) is 1.16. The van der Waals surface area contributed by atoms with Gasteiger partial charge in [0.1, 0.15) is 0 Å². The van der Waals surface area contributed by atoms with Crippen molar-refractivity contribution in [2.24, 2.45) is 0 Å². The van der Waals surface area contributed by atoms with Crippen molar-refractivity contribution in [1.29, 1.82) is 0 Å². The van der Waals surface area contributed by atoms with Crippen LogP contribution < -0.4 is 10.1 Å². The molecule has 9 heteroatoms. The van der Waals surface area contributed by atoms with E-state index in [0.29, 0.717) is 6.07 Å². The Balaban J connectivity index is 3.17. The summed E-state index contributed by atoms with van der Waals surface area (Å²) < 4.78 is 18.1. The number of benzene rings is 1. The zero-order valence-corrected chi connectivity index (χ0v) is 9.68. The van der Waals surface area contributed by atoms with Gasteiger partial charge in [-0.2, -0.15) is 0 Å². The molecule has 0 radical (unpaired) electrons. The first-order valence-corrected chi connectivity index (χ1v) is 4.91. The van der Waals surface area contributed by atoms with Crippen LogP contribution in [0.5, 0.6) is 5.75 Å². The molecule has 0 aliphatic heterocycles. The van der Waals surface area contributed by atoms with Gasteiger partial charge in [0.05, 0.1) is 10.6 Å². The first kappa shape index (κ1) is 14.4. The molecule has 0 aromatic heterocycles. The van der Waals surface area contributed by atoms with Gasteiger partial charge >= 0.3 is 11.7 Å². The van der Waals surface area contributed by atoms with Crippen molar-refractivity contribution in [3.63, 3.8) is 0 Å². The highest BCUT2D eigenvalue weighted by Crippen LogP contribution is 2.32. The lowest BCUT2D eigenvalue weighted by atomic mass is 10.2. The number of hydrogen-bond donors (Lipinski definition) is 2. The van der Waals surface area contributed by atoms with E-state index in [2.05, 4.69) is 10.1 Å². The van der Waals surface area contributed by atoms with Crippen LogP contribution in [0.25, 0.3) is 0 Å². The Morgan fingerprint density at radius 1 is 1.53 bits per heavy atom. The molecule has 1 aromatic carbocycles. The summed E-state index contributed by atoms with van der Waals surface area (Å²) in [6.45, 7) is 0.264. The maximum atomic E-state index is 13.5. The Labute approximate surface area is 105 Å². The third kappa shape index (κ3) is 3.91. The molecule has 19 heavy (non-hydrogen) atoms. The van der Waals surface area contributed by atoms with Crippen LogP contribution >= 0.6 is 0 Å². The van der Waals surface area contributed by atoms with Gasteiger partial charge in [-0.25, -0.2) is 9.18 Å². The standard InChI is InChI=1S/C10H9FN2O6/c1-5(14)12-7-3-8(13(17)18)9(2-6(7)11)19-4-10(15)16/h2-3H,4H2,1H3,(H,12,14)(H,15,16). The highest BCUT2D eigenvalue weighted by molar-refractivity contribution is 5.89. The Hall–Kier alpha value is -2.71. The third-order valence-corrected chi connectivity index (χ3v) is 1.91. The van der Waals surface area contributed by atoms with E-state index in [4.69, 9.17) is 5.11 Å². The number of halogens is 1. The molecular weight excluding hydrogens is 263 g/mol. The van der Waals surface area contributed by atoms with Gasteiger partial charge in [-0.1, -0.05) is 0 Å². The van der Waals surface area contributed by atoms with Crippen LogP contribution in [0.15, 0.2) is 12.1 Å². The molecule has 0 heterocycles. The quantitative estimate of drug-likeness (QED) is 0.613. The van der Waals surface area contributed by atoms with Gasteiger partial charge in [-0.15, -0.1) is 0 Å². The summed E-state index contributed by atoms with van der Waals surface area (Å²) >= 11 is 0. The molecule has 0 saturated heterocycles. The van der Waals surface area contributed by atoms with E-state index >= 15 is 0 Å². The first-order valence-electron chi connectivity index (χ1n) is 4.91. The molecule has 0 unspecified atom stereocenters. The van der Waals surface area contributed by atoms with Crippen molar-refractivity contribution >= 4 is 23.3 Å². The summed E-state index contributed by atoms with van der Waals surface area (Å²) in [4.78, 5) is 31.0. The SMILES string of the molecule is CC(=O)Nc1cc([N+](=O)[O-])c(OCC(=O)O)cc1F. The monoisotopic (exact) mass is 272 g/mol. The van der Waals surface area contributed by atoms with E-state index in [1.165, 1.54) is 0 Å². The number of amides is 1. The fourth-order valence-electron chi connectivity index (χ4n) is 1.23. The van der Waals surface area contributed by atoms with Gasteiger partial charge in [-0.05, 0) is 0 Å². The number of nitro groups is 1. The van der Waals surface area contributed by atoms with Crippen LogP contribution in [0.2, 0.25) is 0 Å². The van der Waals surface area contributed by atoms with Gasteiger partial charge in [0.2, 0.25) is 11.7 Å². The molecule has 0 bridgehead atoms. The fourth-order valence-corrected chi connectivity index (χ4v) is 1.23. The first-order chi connectivity index (χ1) is 8.81. The van der Waals surface area contributed by atoms with Crippen LogP contribution in [-0.2, 0) is 9.59 Å². The summed E-state index contributed by atoms with van der Waals surface area (Å²) in [5.41, 5.74) is -1.03. The number of carbonyl (C=O) groups excluding carboxylic acids is 1. The third-order valence-electron chi connectivity index (χ3n) is 1.91. The molecule has 102 valence electrons. The molecule has 0 spiro atoms. The van der Waals surface area contributed by atoms with Crippen molar-refractivity contribution < 1.29 is 28.7 Å². The lowest BCUT2D eigenvalue weighted by Gasteiger charge is -2.08. The summed E-state index contributed by atoms with van der Waals surface area (Å²) in [6.07, 6.45) is 0. The molecular formula is C10H9FN2O6. The average molecular weight is 272 g/mol. The number of rotatable bonds is 5. The van der Waals surface area contributed by atoms with Crippen LogP contribution in [0.1, 0.15) is 6.92 Å². The fraction of sp³-hybridized carbons (Fsp3) is 0.200. The molecule has 0 aliphatic rings. The van der Waals surface area contributed by atoms with Gasteiger partial charge in [-0.3, -0.25) is 14.9 Å². The average Bonchev–Trinajstić information content (AvgIpc) is 2.28. The molecule has 2 N–H and O–H groups in total. The number of carboxylic acids is 1. The van der Waals surface area contributed by atoms with Crippen molar-refractivity contribution in [1.82, 2.24) is 0 Å². The van der Waals surface area contributed by atoms with Crippen LogP contribution in [-0.4, -0.2) is 28.5 Å². The summed E-state index contributed by atoms with van der Waals surface area (Å²) in [5, 5.41) is 21.2. The van der Waals surface area contributed by atoms with E-state index < -0.39 is 40.7 Å². The lowest BCUT2D eigenvalue weighted by molar-refractivity contribution is -0.385. The Morgan fingerprint density at radius 2 is 2.16 bits per heavy atom. The van der Waals surface area contributed by atoms with Crippen LogP contribution in [0.4, 0.5) is 15.8 Å². The predicted molar refractivity (Wildman–Crippen MR) is 60.5 cm³/mol. The molecule has 1 amide bonds. The summed E-state index contributed by atoms with van der Waals surface area (Å²) in [7, 11) is 0. The second-order valence-electron chi connectivity index (χ2n) is 3.42. The number of ether oxygens (including phenoxy) is 1. The van der Waals surface area contributed by atoms with Gasteiger partial charge in [0.15, 0.2) is 12.4 Å². The Morgan fingerprint density at radius 3 is 2.63 bits per heavy atom.